The third-order valence-electron chi connectivity index (χ3n) is 2.99. The number of benzene rings is 1. The van der Waals surface area contributed by atoms with Crippen LogP contribution in [0.4, 0.5) is 5.69 Å². The lowest BCUT2D eigenvalue weighted by Gasteiger charge is -2.07. The Labute approximate surface area is 103 Å². The summed E-state index contributed by atoms with van der Waals surface area (Å²) in [4.78, 5) is 10.9. The van der Waals surface area contributed by atoms with Crippen LogP contribution in [-0.4, -0.2) is 17.6 Å². The van der Waals surface area contributed by atoms with Crippen molar-refractivity contribution >= 4 is 27.6 Å². The second-order valence-corrected chi connectivity index (χ2v) is 5.30. The molecule has 1 aliphatic carbocycles. The first-order valence-corrected chi connectivity index (χ1v) is 6.13. The van der Waals surface area contributed by atoms with E-state index >= 15 is 0 Å². The van der Waals surface area contributed by atoms with Crippen molar-refractivity contribution in [1.29, 1.82) is 0 Å². The Hall–Kier alpha value is -1.03. The maximum Gasteiger partial charge on any atom is 0.335 e. The minimum Gasteiger partial charge on any atom is -0.478 e. The van der Waals surface area contributed by atoms with E-state index in [1.807, 2.05) is 6.07 Å². The molecule has 16 heavy (non-hydrogen) atoms. The van der Waals surface area contributed by atoms with Gasteiger partial charge in [-0.15, -0.1) is 0 Å². The summed E-state index contributed by atoms with van der Waals surface area (Å²) in [6, 6.07) is 5.17. The molecule has 2 unspecified atom stereocenters. The Morgan fingerprint density at radius 1 is 1.56 bits per heavy atom. The van der Waals surface area contributed by atoms with Crippen molar-refractivity contribution < 1.29 is 9.90 Å². The molecule has 3 nitrogen and oxygen atoms in total. The molecule has 4 heteroatoms. The van der Waals surface area contributed by atoms with Gasteiger partial charge in [0.05, 0.1) is 5.56 Å². The van der Waals surface area contributed by atoms with E-state index in [0.29, 0.717) is 5.56 Å². The second kappa shape index (κ2) is 4.45. The topological polar surface area (TPSA) is 49.3 Å². The molecule has 86 valence electrons. The molecule has 1 saturated carbocycles. The molecular weight excluding hydrogens is 270 g/mol. The molecule has 1 aromatic carbocycles. The van der Waals surface area contributed by atoms with E-state index in [1.165, 1.54) is 6.42 Å². The highest BCUT2D eigenvalue weighted by Gasteiger charge is 2.31. The first-order valence-electron chi connectivity index (χ1n) is 5.34. The number of halogens is 1. The zero-order valence-corrected chi connectivity index (χ0v) is 10.6. The van der Waals surface area contributed by atoms with Gasteiger partial charge in [0.1, 0.15) is 0 Å². The van der Waals surface area contributed by atoms with E-state index in [2.05, 4.69) is 28.2 Å². The van der Waals surface area contributed by atoms with E-state index in [0.717, 1.165) is 28.5 Å². The molecule has 1 aliphatic rings. The molecule has 0 aliphatic heterocycles. The lowest BCUT2D eigenvalue weighted by molar-refractivity contribution is 0.0697. The highest BCUT2D eigenvalue weighted by atomic mass is 79.9. The van der Waals surface area contributed by atoms with Gasteiger partial charge >= 0.3 is 5.97 Å². The standard InChI is InChI=1S/C12H14BrNO2/c1-7-2-9(7)6-14-11-4-8(12(15)16)3-10(13)5-11/h3-5,7,9,14H,2,6H2,1H3,(H,15,16). The van der Waals surface area contributed by atoms with Gasteiger partial charge in [0.15, 0.2) is 0 Å². The largest absolute Gasteiger partial charge is 0.478 e. The first-order chi connectivity index (χ1) is 7.56. The smallest absolute Gasteiger partial charge is 0.335 e. The molecule has 0 amide bonds. The number of hydrogen-bond acceptors (Lipinski definition) is 2. The van der Waals surface area contributed by atoms with Gasteiger partial charge in [0.25, 0.3) is 0 Å². The molecular formula is C12H14BrNO2. The average Bonchev–Trinajstić information content (AvgIpc) is 2.91. The van der Waals surface area contributed by atoms with Gasteiger partial charge in [0, 0.05) is 16.7 Å². The number of carboxylic acid groups (broad SMARTS) is 1. The van der Waals surface area contributed by atoms with Crippen LogP contribution in [0.3, 0.4) is 0 Å². The minimum atomic E-state index is -0.899. The predicted octanol–water partition coefficient (Wildman–Crippen LogP) is 3.22. The molecule has 0 radical (unpaired) electrons. The number of hydrogen-bond donors (Lipinski definition) is 2. The van der Waals surface area contributed by atoms with E-state index in [-0.39, 0.29) is 0 Å². The quantitative estimate of drug-likeness (QED) is 0.892. The number of anilines is 1. The molecule has 2 rings (SSSR count). The van der Waals surface area contributed by atoms with Gasteiger partial charge in [-0.1, -0.05) is 22.9 Å². The Morgan fingerprint density at radius 2 is 2.25 bits per heavy atom. The van der Waals surface area contributed by atoms with Crippen LogP contribution in [-0.2, 0) is 0 Å². The van der Waals surface area contributed by atoms with Gasteiger partial charge in [-0.3, -0.25) is 0 Å². The van der Waals surface area contributed by atoms with Crippen LogP contribution in [0, 0.1) is 11.8 Å². The average molecular weight is 284 g/mol. The highest BCUT2D eigenvalue weighted by Crippen LogP contribution is 2.37. The zero-order chi connectivity index (χ0) is 11.7. The molecule has 0 heterocycles. The monoisotopic (exact) mass is 283 g/mol. The molecule has 1 fully saturated rings. The summed E-state index contributed by atoms with van der Waals surface area (Å²) < 4.78 is 0.791. The van der Waals surface area contributed by atoms with E-state index < -0.39 is 5.97 Å². The minimum absolute atomic E-state index is 0.306. The van der Waals surface area contributed by atoms with Crippen LogP contribution in [0.15, 0.2) is 22.7 Å². The van der Waals surface area contributed by atoms with Crippen molar-refractivity contribution in [3.8, 4) is 0 Å². The SMILES string of the molecule is CC1CC1CNc1cc(Br)cc(C(=O)O)c1. The number of nitrogens with one attached hydrogen (secondary N) is 1. The third-order valence-corrected chi connectivity index (χ3v) is 3.45. The fourth-order valence-electron chi connectivity index (χ4n) is 1.75. The van der Waals surface area contributed by atoms with E-state index in [1.54, 1.807) is 12.1 Å². The molecule has 0 aromatic heterocycles. The van der Waals surface area contributed by atoms with E-state index in [4.69, 9.17) is 5.11 Å². The van der Waals surface area contributed by atoms with Crippen LogP contribution in [0.25, 0.3) is 0 Å². The molecule has 2 atom stereocenters. The zero-order valence-electron chi connectivity index (χ0n) is 9.03. The van der Waals surface area contributed by atoms with Gasteiger partial charge < -0.3 is 10.4 Å². The van der Waals surface area contributed by atoms with Crippen molar-refractivity contribution in [2.45, 2.75) is 13.3 Å². The molecule has 0 saturated heterocycles. The van der Waals surface area contributed by atoms with Crippen LogP contribution < -0.4 is 5.32 Å². The van der Waals surface area contributed by atoms with Gasteiger partial charge in [0.2, 0.25) is 0 Å². The number of aromatic carboxylic acids is 1. The van der Waals surface area contributed by atoms with Crippen LogP contribution >= 0.6 is 15.9 Å². The molecule has 0 spiro atoms. The van der Waals surface area contributed by atoms with Gasteiger partial charge in [-0.05, 0) is 36.5 Å². The Bertz CT molecular complexity index is 419. The first kappa shape index (κ1) is 11.5. The number of carboxylic acids is 1. The van der Waals surface area contributed by atoms with Crippen molar-refractivity contribution in [3.05, 3.63) is 28.2 Å². The van der Waals surface area contributed by atoms with Gasteiger partial charge in [-0.25, -0.2) is 4.79 Å². The molecule has 0 bridgehead atoms. The summed E-state index contributed by atoms with van der Waals surface area (Å²) in [6.45, 7) is 3.16. The van der Waals surface area contributed by atoms with Crippen molar-refractivity contribution in [2.75, 3.05) is 11.9 Å². The predicted molar refractivity (Wildman–Crippen MR) is 66.9 cm³/mol. The summed E-state index contributed by atoms with van der Waals surface area (Å²) in [5.41, 5.74) is 1.17. The number of carbonyl (C=O) groups is 1. The summed E-state index contributed by atoms with van der Waals surface area (Å²) in [6.07, 6.45) is 1.27. The van der Waals surface area contributed by atoms with Crippen molar-refractivity contribution in [3.63, 3.8) is 0 Å². The fraction of sp³-hybridized carbons (Fsp3) is 0.417. The van der Waals surface area contributed by atoms with Crippen LogP contribution in [0.2, 0.25) is 0 Å². The third kappa shape index (κ3) is 2.76. The summed E-state index contributed by atoms with van der Waals surface area (Å²) in [5, 5.41) is 12.2. The Kier molecular flexibility index (Phi) is 3.19. The van der Waals surface area contributed by atoms with Crippen LogP contribution in [0.1, 0.15) is 23.7 Å². The normalized spacial score (nSPS) is 22.9. The van der Waals surface area contributed by atoms with Crippen LogP contribution in [0.5, 0.6) is 0 Å². The summed E-state index contributed by atoms with van der Waals surface area (Å²) in [7, 11) is 0. The molecule has 2 N–H and O–H groups in total. The van der Waals surface area contributed by atoms with Gasteiger partial charge in [-0.2, -0.15) is 0 Å². The second-order valence-electron chi connectivity index (χ2n) is 4.39. The lowest BCUT2D eigenvalue weighted by Crippen LogP contribution is -2.06. The fourth-order valence-corrected chi connectivity index (χ4v) is 2.24. The summed E-state index contributed by atoms with van der Waals surface area (Å²) >= 11 is 3.31. The maximum absolute atomic E-state index is 10.9. The van der Waals surface area contributed by atoms with E-state index in [9.17, 15) is 4.79 Å². The lowest BCUT2D eigenvalue weighted by atomic mass is 10.2. The Balaban J connectivity index is 2.05. The van der Waals surface area contributed by atoms with Crippen molar-refractivity contribution in [2.24, 2.45) is 11.8 Å². The molecule has 1 aromatic rings. The highest BCUT2D eigenvalue weighted by molar-refractivity contribution is 9.10. The Morgan fingerprint density at radius 3 is 2.81 bits per heavy atom. The maximum atomic E-state index is 10.9. The summed E-state index contributed by atoms with van der Waals surface area (Å²) in [5.74, 6) is 0.648. The number of rotatable bonds is 4. The van der Waals surface area contributed by atoms with Crippen molar-refractivity contribution in [1.82, 2.24) is 0 Å².